The molecule has 0 saturated carbocycles. The van der Waals surface area contributed by atoms with Crippen molar-refractivity contribution in [2.24, 2.45) is 0 Å². The fraction of sp³-hybridized carbons (Fsp3) is 0.0870. The lowest BCUT2D eigenvalue weighted by atomic mass is 10.0. The summed E-state index contributed by atoms with van der Waals surface area (Å²) in [6.45, 7) is 0.0414. The molecular weight excluding hydrogens is 423 g/mol. The molecule has 0 spiro atoms. The molecule has 0 saturated heterocycles. The second kappa shape index (κ2) is 9.74. The first kappa shape index (κ1) is 21.8. The van der Waals surface area contributed by atoms with Crippen LogP contribution in [0.5, 0.6) is 11.5 Å². The minimum absolute atomic E-state index is 0.0407. The van der Waals surface area contributed by atoms with E-state index in [9.17, 15) is 19.8 Å². The lowest BCUT2D eigenvalue weighted by Gasteiger charge is -2.13. The Morgan fingerprint density at radius 1 is 1.23 bits per heavy atom. The fourth-order valence-corrected chi connectivity index (χ4v) is 3.16. The summed E-state index contributed by atoms with van der Waals surface area (Å²) in [6.07, 6.45) is 1.56. The first-order valence-corrected chi connectivity index (χ1v) is 9.40. The number of nitro benzene ring substituents is 1. The first-order valence-electron chi connectivity index (χ1n) is 9.02. The number of allylic oxidation sites excluding steroid dienone is 1. The number of methoxy groups -OCH3 is 1. The smallest absolute Gasteiger partial charge is 0.269 e. The van der Waals surface area contributed by atoms with Crippen molar-refractivity contribution < 1.29 is 18.8 Å². The van der Waals surface area contributed by atoms with Crippen LogP contribution in [0.15, 0.2) is 60.7 Å². The second-order valence-electron chi connectivity index (χ2n) is 6.43. The summed E-state index contributed by atoms with van der Waals surface area (Å²) in [6, 6.07) is 17.1. The van der Waals surface area contributed by atoms with E-state index in [-0.39, 0.29) is 28.6 Å². The predicted octanol–water partition coefficient (Wildman–Crippen LogP) is 6.04. The molecule has 3 aromatic carbocycles. The number of nitro groups is 1. The van der Waals surface area contributed by atoms with Crippen LogP contribution in [0.1, 0.15) is 16.7 Å². The molecule has 0 heterocycles. The Morgan fingerprint density at radius 3 is 2.68 bits per heavy atom. The number of ether oxygens (including phenoxy) is 2. The van der Waals surface area contributed by atoms with Crippen molar-refractivity contribution in [2.45, 2.75) is 6.61 Å². The lowest BCUT2D eigenvalue weighted by molar-refractivity contribution is -0.384. The van der Waals surface area contributed by atoms with Crippen LogP contribution < -0.4 is 9.47 Å². The molecule has 31 heavy (non-hydrogen) atoms. The average Bonchev–Trinajstić information content (AvgIpc) is 2.76. The van der Waals surface area contributed by atoms with Crippen molar-refractivity contribution in [3.05, 3.63) is 98.3 Å². The number of non-ortho nitro benzene ring substituents is 1. The van der Waals surface area contributed by atoms with Crippen LogP contribution in [0.2, 0.25) is 5.02 Å². The van der Waals surface area contributed by atoms with E-state index in [4.69, 9.17) is 21.1 Å². The van der Waals surface area contributed by atoms with Crippen LogP contribution in [-0.2, 0) is 6.61 Å². The van der Waals surface area contributed by atoms with Crippen molar-refractivity contribution >= 4 is 28.9 Å². The van der Waals surface area contributed by atoms with Gasteiger partial charge in [-0.05, 0) is 47.0 Å². The van der Waals surface area contributed by atoms with Crippen LogP contribution in [0.3, 0.4) is 0 Å². The standard InChI is InChI=1S/C23H16ClFN2O4/c1-30-22-11-16(8-18(13-26)17-5-3-6-19(25)12-17)10-21(24)23(22)31-14-15-4-2-7-20(9-15)27(28)29/h2-12H,14H2,1H3/b18-8+. The Labute approximate surface area is 182 Å². The van der Waals surface area contributed by atoms with E-state index in [1.54, 1.807) is 36.4 Å². The number of hydrogen-bond donors (Lipinski definition) is 0. The van der Waals surface area contributed by atoms with E-state index in [0.29, 0.717) is 22.4 Å². The second-order valence-corrected chi connectivity index (χ2v) is 6.84. The molecule has 0 N–H and O–H groups in total. The van der Waals surface area contributed by atoms with E-state index in [1.807, 2.05) is 0 Å². The molecule has 6 nitrogen and oxygen atoms in total. The molecule has 0 bridgehead atoms. The van der Waals surface area contributed by atoms with Crippen molar-refractivity contribution in [3.63, 3.8) is 0 Å². The van der Waals surface area contributed by atoms with Crippen LogP contribution in [0.25, 0.3) is 11.6 Å². The minimum atomic E-state index is -0.483. The van der Waals surface area contributed by atoms with Crippen LogP contribution >= 0.6 is 11.6 Å². The molecule has 0 atom stereocenters. The highest BCUT2D eigenvalue weighted by atomic mass is 35.5. The summed E-state index contributed by atoms with van der Waals surface area (Å²) in [4.78, 5) is 10.4. The topological polar surface area (TPSA) is 85.4 Å². The van der Waals surface area contributed by atoms with Gasteiger partial charge in [-0.1, -0.05) is 35.9 Å². The van der Waals surface area contributed by atoms with E-state index in [1.165, 1.54) is 37.4 Å². The molecule has 0 aliphatic rings. The van der Waals surface area contributed by atoms with Gasteiger partial charge in [0.1, 0.15) is 12.4 Å². The van der Waals surface area contributed by atoms with Gasteiger partial charge in [-0.25, -0.2) is 4.39 Å². The van der Waals surface area contributed by atoms with Crippen LogP contribution in [0, 0.1) is 27.3 Å². The highest BCUT2D eigenvalue weighted by Gasteiger charge is 2.14. The molecule has 3 rings (SSSR count). The molecule has 0 aliphatic carbocycles. The summed E-state index contributed by atoms with van der Waals surface area (Å²) in [5, 5.41) is 20.6. The third-order valence-electron chi connectivity index (χ3n) is 4.32. The van der Waals surface area contributed by atoms with Gasteiger partial charge in [-0.3, -0.25) is 10.1 Å². The molecule has 156 valence electrons. The van der Waals surface area contributed by atoms with Gasteiger partial charge in [0.15, 0.2) is 11.5 Å². The Bertz CT molecular complexity index is 1200. The van der Waals surface area contributed by atoms with Crippen molar-refractivity contribution in [1.82, 2.24) is 0 Å². The summed E-state index contributed by atoms with van der Waals surface area (Å²) in [5.41, 5.74) is 1.80. The van der Waals surface area contributed by atoms with Gasteiger partial charge >= 0.3 is 0 Å². The number of rotatable bonds is 7. The molecule has 0 fully saturated rings. The SMILES string of the molecule is COc1cc(/C=C(\C#N)c2cccc(F)c2)cc(Cl)c1OCc1cccc([N+](=O)[O-])c1. The summed E-state index contributed by atoms with van der Waals surface area (Å²) >= 11 is 6.37. The van der Waals surface area contributed by atoms with Gasteiger partial charge < -0.3 is 9.47 Å². The zero-order chi connectivity index (χ0) is 22.4. The molecule has 0 amide bonds. The van der Waals surface area contributed by atoms with Crippen LogP contribution in [-0.4, -0.2) is 12.0 Å². The Kier molecular flexibility index (Phi) is 6.85. The van der Waals surface area contributed by atoms with Crippen molar-refractivity contribution in [1.29, 1.82) is 5.26 Å². The molecule has 0 aromatic heterocycles. The monoisotopic (exact) mass is 438 g/mol. The number of hydrogen-bond acceptors (Lipinski definition) is 5. The Hall–Kier alpha value is -3.89. The zero-order valence-electron chi connectivity index (χ0n) is 16.3. The Balaban J connectivity index is 1.89. The van der Waals surface area contributed by atoms with Crippen molar-refractivity contribution in [3.8, 4) is 17.6 Å². The highest BCUT2D eigenvalue weighted by Crippen LogP contribution is 2.38. The number of benzene rings is 3. The quantitative estimate of drug-likeness (QED) is 0.194. The maximum absolute atomic E-state index is 13.5. The molecule has 3 aromatic rings. The normalized spacial score (nSPS) is 11.0. The van der Waals surface area contributed by atoms with Gasteiger partial charge in [0.2, 0.25) is 0 Å². The molecule has 0 unspecified atom stereocenters. The molecular formula is C23H16ClFN2O4. The van der Waals surface area contributed by atoms with E-state index < -0.39 is 10.7 Å². The fourth-order valence-electron chi connectivity index (χ4n) is 2.88. The number of nitrogens with zero attached hydrogens (tertiary/aromatic N) is 2. The Morgan fingerprint density at radius 2 is 2.00 bits per heavy atom. The van der Waals surface area contributed by atoms with Gasteiger partial charge in [0.05, 0.1) is 28.7 Å². The maximum atomic E-state index is 13.5. The number of nitriles is 1. The molecule has 0 radical (unpaired) electrons. The lowest BCUT2D eigenvalue weighted by Crippen LogP contribution is -2.00. The van der Waals surface area contributed by atoms with Gasteiger partial charge in [-0.2, -0.15) is 5.26 Å². The minimum Gasteiger partial charge on any atom is -0.493 e. The largest absolute Gasteiger partial charge is 0.493 e. The number of halogens is 2. The van der Waals surface area contributed by atoms with E-state index in [0.717, 1.165) is 0 Å². The summed E-state index contributed by atoms with van der Waals surface area (Å²) in [5.74, 6) is 0.136. The van der Waals surface area contributed by atoms with E-state index in [2.05, 4.69) is 6.07 Å². The average molecular weight is 439 g/mol. The van der Waals surface area contributed by atoms with Crippen molar-refractivity contribution in [2.75, 3.05) is 7.11 Å². The highest BCUT2D eigenvalue weighted by molar-refractivity contribution is 6.32. The summed E-state index contributed by atoms with van der Waals surface area (Å²) in [7, 11) is 1.44. The van der Waals surface area contributed by atoms with Crippen LogP contribution in [0.4, 0.5) is 10.1 Å². The molecule has 8 heteroatoms. The molecule has 0 aliphatic heterocycles. The van der Waals surface area contributed by atoms with Gasteiger partial charge in [0, 0.05) is 12.1 Å². The maximum Gasteiger partial charge on any atom is 0.269 e. The van der Waals surface area contributed by atoms with Gasteiger partial charge in [-0.15, -0.1) is 0 Å². The zero-order valence-corrected chi connectivity index (χ0v) is 17.1. The predicted molar refractivity (Wildman–Crippen MR) is 115 cm³/mol. The first-order chi connectivity index (χ1) is 14.9. The summed E-state index contributed by atoms with van der Waals surface area (Å²) < 4.78 is 24.6. The third-order valence-corrected chi connectivity index (χ3v) is 4.60. The third kappa shape index (κ3) is 5.38. The van der Waals surface area contributed by atoms with Gasteiger partial charge in [0.25, 0.3) is 5.69 Å². The van der Waals surface area contributed by atoms with E-state index >= 15 is 0 Å².